The predicted molar refractivity (Wildman–Crippen MR) is 97.3 cm³/mol. The van der Waals surface area contributed by atoms with Crippen molar-refractivity contribution >= 4 is 5.96 Å². The average molecular weight is 347 g/mol. The molecule has 1 unspecified atom stereocenters. The van der Waals surface area contributed by atoms with Gasteiger partial charge in [-0.25, -0.2) is 14.4 Å². The summed E-state index contributed by atoms with van der Waals surface area (Å²) < 4.78 is 21.1. The maximum atomic E-state index is 13.3. The molecule has 7 heteroatoms. The molecule has 0 bridgehead atoms. The number of imidazole rings is 1. The lowest BCUT2D eigenvalue weighted by Gasteiger charge is -2.17. The van der Waals surface area contributed by atoms with Crippen LogP contribution >= 0.6 is 0 Å². The fraction of sp³-hybridized carbons (Fsp3) is 0.444. The van der Waals surface area contributed by atoms with Crippen LogP contribution in [0.4, 0.5) is 4.39 Å². The zero-order chi connectivity index (χ0) is 17.9. The van der Waals surface area contributed by atoms with Crippen LogP contribution in [0.5, 0.6) is 5.75 Å². The van der Waals surface area contributed by atoms with Gasteiger partial charge in [-0.1, -0.05) is 13.0 Å². The minimum Gasteiger partial charge on any atom is -0.488 e. The van der Waals surface area contributed by atoms with Gasteiger partial charge in [0.25, 0.3) is 0 Å². The molecular formula is C18H26FN5O. The lowest BCUT2D eigenvalue weighted by atomic mass is 10.2. The molecule has 1 aromatic heterocycles. The molecule has 1 aromatic carbocycles. The summed E-state index contributed by atoms with van der Waals surface area (Å²) in [6.45, 7) is 6.86. The molecule has 2 N–H and O–H groups in total. The van der Waals surface area contributed by atoms with Gasteiger partial charge in [0.1, 0.15) is 17.7 Å². The molecule has 0 aliphatic carbocycles. The summed E-state index contributed by atoms with van der Waals surface area (Å²) in [7, 11) is 0. The number of nitrogens with one attached hydrogen (secondary N) is 2. The Bertz CT molecular complexity index is 645. The molecule has 0 aliphatic heterocycles. The molecule has 1 heterocycles. The van der Waals surface area contributed by atoms with Crippen LogP contribution in [0.2, 0.25) is 0 Å². The van der Waals surface area contributed by atoms with Crippen molar-refractivity contribution in [2.45, 2.75) is 32.9 Å². The van der Waals surface area contributed by atoms with Crippen LogP contribution in [0.3, 0.4) is 0 Å². The molecule has 0 amide bonds. The Labute approximate surface area is 148 Å². The molecular weight excluding hydrogens is 321 g/mol. The van der Waals surface area contributed by atoms with Gasteiger partial charge in [-0.2, -0.15) is 0 Å². The number of nitrogens with zero attached hydrogens (tertiary/aromatic N) is 3. The minimum absolute atomic E-state index is 0.106. The van der Waals surface area contributed by atoms with Gasteiger partial charge in [-0.3, -0.25) is 0 Å². The number of ether oxygens (including phenoxy) is 1. The normalized spacial score (nSPS) is 12.7. The molecule has 0 saturated carbocycles. The Morgan fingerprint density at radius 3 is 2.92 bits per heavy atom. The van der Waals surface area contributed by atoms with E-state index in [0.29, 0.717) is 12.3 Å². The van der Waals surface area contributed by atoms with Gasteiger partial charge in [0.2, 0.25) is 0 Å². The standard InChI is InChI=1S/C18H26FN5O/c1-3-16(25-17-7-5-6-15(19)12-17)13-23-18(21-4-2)22-9-11-24-10-8-20-14-24/h5-8,10,12,14,16H,3-4,9,11,13H2,1-2H3,(H2,21,22,23). The number of aliphatic imine (C=N–C) groups is 1. The Balaban J connectivity index is 1.86. The van der Waals surface area contributed by atoms with E-state index in [1.807, 2.05) is 24.6 Å². The molecule has 0 saturated heterocycles. The highest BCUT2D eigenvalue weighted by Gasteiger charge is 2.09. The van der Waals surface area contributed by atoms with Gasteiger partial charge in [0.15, 0.2) is 5.96 Å². The molecule has 0 aliphatic rings. The van der Waals surface area contributed by atoms with Crippen molar-refractivity contribution in [3.8, 4) is 5.75 Å². The average Bonchev–Trinajstić information content (AvgIpc) is 3.12. The van der Waals surface area contributed by atoms with E-state index in [4.69, 9.17) is 4.74 Å². The fourth-order valence-electron chi connectivity index (χ4n) is 2.24. The lowest BCUT2D eigenvalue weighted by molar-refractivity contribution is 0.205. The highest BCUT2D eigenvalue weighted by molar-refractivity contribution is 5.79. The van der Waals surface area contributed by atoms with Gasteiger partial charge >= 0.3 is 0 Å². The molecule has 0 spiro atoms. The Kier molecular flexibility index (Phi) is 7.75. The number of guanidine groups is 1. The molecule has 2 aromatic rings. The highest BCUT2D eigenvalue weighted by Crippen LogP contribution is 2.15. The van der Waals surface area contributed by atoms with E-state index in [-0.39, 0.29) is 11.9 Å². The molecule has 136 valence electrons. The fourth-order valence-corrected chi connectivity index (χ4v) is 2.24. The van der Waals surface area contributed by atoms with E-state index in [0.717, 1.165) is 32.0 Å². The largest absolute Gasteiger partial charge is 0.488 e. The van der Waals surface area contributed by atoms with E-state index in [9.17, 15) is 4.39 Å². The van der Waals surface area contributed by atoms with Crippen molar-refractivity contribution in [1.82, 2.24) is 20.2 Å². The van der Waals surface area contributed by atoms with Gasteiger partial charge in [-0.05, 0) is 25.5 Å². The Morgan fingerprint density at radius 1 is 1.36 bits per heavy atom. The van der Waals surface area contributed by atoms with Crippen molar-refractivity contribution in [2.75, 3.05) is 19.6 Å². The van der Waals surface area contributed by atoms with E-state index in [2.05, 4.69) is 20.6 Å². The first-order chi connectivity index (χ1) is 12.2. The Hall–Kier alpha value is -2.57. The van der Waals surface area contributed by atoms with E-state index < -0.39 is 0 Å². The molecule has 25 heavy (non-hydrogen) atoms. The summed E-state index contributed by atoms with van der Waals surface area (Å²) in [5.74, 6) is 0.967. The molecule has 0 radical (unpaired) electrons. The van der Waals surface area contributed by atoms with E-state index in [1.165, 1.54) is 12.1 Å². The summed E-state index contributed by atoms with van der Waals surface area (Å²) in [6, 6.07) is 6.19. The molecule has 0 fully saturated rings. The second-order valence-electron chi connectivity index (χ2n) is 5.55. The van der Waals surface area contributed by atoms with Gasteiger partial charge in [0, 0.05) is 38.1 Å². The van der Waals surface area contributed by atoms with Crippen LogP contribution in [0.15, 0.2) is 48.0 Å². The lowest BCUT2D eigenvalue weighted by Crippen LogP contribution is -2.39. The van der Waals surface area contributed by atoms with Crippen molar-refractivity contribution in [1.29, 1.82) is 0 Å². The van der Waals surface area contributed by atoms with Crippen LogP contribution in [0.1, 0.15) is 20.3 Å². The number of halogens is 1. The summed E-state index contributed by atoms with van der Waals surface area (Å²) in [5, 5.41) is 6.50. The quantitative estimate of drug-likeness (QED) is 0.540. The number of hydrogen-bond acceptors (Lipinski definition) is 3. The Morgan fingerprint density at radius 2 is 2.24 bits per heavy atom. The third-order valence-electron chi connectivity index (χ3n) is 3.57. The second kappa shape index (κ2) is 10.3. The van der Waals surface area contributed by atoms with Crippen molar-refractivity contribution in [3.63, 3.8) is 0 Å². The second-order valence-corrected chi connectivity index (χ2v) is 5.55. The topological polar surface area (TPSA) is 63.5 Å². The van der Waals surface area contributed by atoms with Gasteiger partial charge in [-0.15, -0.1) is 0 Å². The first-order valence-corrected chi connectivity index (χ1v) is 8.61. The monoisotopic (exact) mass is 347 g/mol. The van der Waals surface area contributed by atoms with Crippen LogP contribution in [-0.4, -0.2) is 41.2 Å². The third kappa shape index (κ3) is 6.82. The van der Waals surface area contributed by atoms with Gasteiger partial charge in [0.05, 0.1) is 12.9 Å². The predicted octanol–water partition coefficient (Wildman–Crippen LogP) is 2.43. The van der Waals surface area contributed by atoms with Crippen molar-refractivity contribution in [2.24, 2.45) is 4.99 Å². The van der Waals surface area contributed by atoms with Gasteiger partial charge < -0.3 is 19.9 Å². The number of hydrogen-bond donors (Lipinski definition) is 2. The first kappa shape index (κ1) is 18.8. The smallest absolute Gasteiger partial charge is 0.191 e. The molecule has 6 nitrogen and oxygen atoms in total. The first-order valence-electron chi connectivity index (χ1n) is 8.61. The third-order valence-corrected chi connectivity index (χ3v) is 3.57. The van der Waals surface area contributed by atoms with Crippen molar-refractivity contribution in [3.05, 3.63) is 48.8 Å². The van der Waals surface area contributed by atoms with Crippen molar-refractivity contribution < 1.29 is 9.13 Å². The summed E-state index contributed by atoms with van der Waals surface area (Å²) in [4.78, 5) is 8.59. The molecule has 1 atom stereocenters. The maximum Gasteiger partial charge on any atom is 0.191 e. The van der Waals surface area contributed by atoms with E-state index >= 15 is 0 Å². The number of benzene rings is 1. The van der Waals surface area contributed by atoms with Crippen LogP contribution in [0.25, 0.3) is 0 Å². The zero-order valence-corrected chi connectivity index (χ0v) is 14.8. The van der Waals surface area contributed by atoms with Crippen LogP contribution in [0, 0.1) is 5.82 Å². The summed E-state index contributed by atoms with van der Waals surface area (Å²) >= 11 is 0. The van der Waals surface area contributed by atoms with E-state index in [1.54, 1.807) is 24.7 Å². The SMILES string of the molecule is CCNC(=NCC(CC)Oc1cccc(F)c1)NCCn1ccnc1. The zero-order valence-electron chi connectivity index (χ0n) is 14.8. The summed E-state index contributed by atoms with van der Waals surface area (Å²) in [6.07, 6.45) is 6.15. The number of aromatic nitrogens is 2. The van der Waals surface area contributed by atoms with Crippen LogP contribution < -0.4 is 15.4 Å². The maximum absolute atomic E-state index is 13.3. The van der Waals surface area contributed by atoms with Crippen LogP contribution in [-0.2, 0) is 6.54 Å². The molecule has 2 rings (SSSR count). The minimum atomic E-state index is -0.301. The number of rotatable bonds is 9. The highest BCUT2D eigenvalue weighted by atomic mass is 19.1. The summed E-state index contributed by atoms with van der Waals surface area (Å²) in [5.41, 5.74) is 0.